The summed E-state index contributed by atoms with van der Waals surface area (Å²) < 4.78 is 0. The molecule has 0 saturated carbocycles. The molecule has 0 bridgehead atoms. The first kappa shape index (κ1) is 17.2. The zero-order valence-corrected chi connectivity index (χ0v) is 14.3. The summed E-state index contributed by atoms with van der Waals surface area (Å²) >= 11 is 0. The van der Waals surface area contributed by atoms with Crippen LogP contribution in [0, 0.1) is 0 Å². The molecule has 1 saturated heterocycles. The maximum absolute atomic E-state index is 6.02. The maximum atomic E-state index is 6.02. The molecule has 0 spiro atoms. The van der Waals surface area contributed by atoms with Gasteiger partial charge < -0.3 is 4.90 Å². The van der Waals surface area contributed by atoms with Crippen molar-refractivity contribution in [3.8, 4) is 0 Å². The Kier molecular flexibility index (Phi) is 6.58. The van der Waals surface area contributed by atoms with E-state index in [2.05, 4.69) is 36.7 Å². The van der Waals surface area contributed by atoms with Gasteiger partial charge in [0.05, 0.1) is 0 Å². The van der Waals surface area contributed by atoms with Crippen LogP contribution < -0.4 is 10.7 Å². The summed E-state index contributed by atoms with van der Waals surface area (Å²) in [5.74, 6) is 6.90. The number of rotatable bonds is 7. The third-order valence-corrected chi connectivity index (χ3v) is 4.50. The number of piperazine rings is 1. The molecule has 5 nitrogen and oxygen atoms in total. The minimum absolute atomic E-state index is 0.346. The van der Waals surface area contributed by atoms with Crippen LogP contribution in [0.3, 0.4) is 0 Å². The van der Waals surface area contributed by atoms with Crippen molar-refractivity contribution in [1.82, 2.24) is 15.0 Å². The summed E-state index contributed by atoms with van der Waals surface area (Å²) in [5, 5.41) is 1.92. The highest BCUT2D eigenvalue weighted by atomic mass is 15.5. The molecule has 0 radical (unpaired) electrons. The average Bonchev–Trinajstić information content (AvgIpc) is 2.51. The normalized spacial score (nSPS) is 23.0. The number of hydrogen-bond donors (Lipinski definition) is 1. The van der Waals surface area contributed by atoms with E-state index < -0.39 is 0 Å². The molecule has 1 aromatic rings. The van der Waals surface area contributed by atoms with Crippen molar-refractivity contribution in [2.45, 2.75) is 71.4 Å². The molecule has 2 unspecified atom stereocenters. The number of nitrogens with zero attached hydrogens (tertiary/aromatic N) is 4. The number of hydrazine groups is 1. The second-order valence-corrected chi connectivity index (χ2v) is 6.43. The van der Waals surface area contributed by atoms with Crippen LogP contribution in [-0.4, -0.2) is 40.2 Å². The van der Waals surface area contributed by atoms with Gasteiger partial charge in [-0.3, -0.25) is 5.84 Å². The third kappa shape index (κ3) is 4.40. The SMILES string of the molecule is CCCCCCc1ccnc(N2C(C)CN(N)CC2CC)n1. The summed E-state index contributed by atoms with van der Waals surface area (Å²) in [6, 6.07) is 2.79. The molecule has 0 amide bonds. The van der Waals surface area contributed by atoms with E-state index in [9.17, 15) is 0 Å². The quantitative estimate of drug-likeness (QED) is 0.620. The van der Waals surface area contributed by atoms with Crippen molar-refractivity contribution < 1.29 is 0 Å². The topological polar surface area (TPSA) is 58.3 Å². The highest BCUT2D eigenvalue weighted by molar-refractivity contribution is 5.35. The Morgan fingerprint density at radius 2 is 2.05 bits per heavy atom. The Balaban J connectivity index is 2.06. The number of nitrogens with two attached hydrogens (primary N) is 1. The van der Waals surface area contributed by atoms with Crippen LogP contribution >= 0.6 is 0 Å². The lowest BCUT2D eigenvalue weighted by Gasteiger charge is -2.44. The summed E-state index contributed by atoms with van der Waals surface area (Å²) in [5.41, 5.74) is 1.17. The molecule has 1 aliphatic rings. The molecule has 2 N–H and O–H groups in total. The minimum Gasteiger partial charge on any atom is -0.332 e. The van der Waals surface area contributed by atoms with Gasteiger partial charge in [0.15, 0.2) is 0 Å². The van der Waals surface area contributed by atoms with Gasteiger partial charge in [-0.25, -0.2) is 15.0 Å². The fourth-order valence-corrected chi connectivity index (χ4v) is 3.29. The van der Waals surface area contributed by atoms with Gasteiger partial charge in [0.2, 0.25) is 5.95 Å². The largest absolute Gasteiger partial charge is 0.332 e. The minimum atomic E-state index is 0.346. The van der Waals surface area contributed by atoms with E-state index in [1.165, 1.54) is 31.4 Å². The van der Waals surface area contributed by atoms with E-state index in [-0.39, 0.29) is 0 Å². The molecule has 0 aromatic carbocycles. The monoisotopic (exact) mass is 305 g/mol. The Hall–Kier alpha value is -1.20. The molecule has 0 aliphatic carbocycles. The molecule has 1 aromatic heterocycles. The van der Waals surface area contributed by atoms with Crippen LogP contribution in [-0.2, 0) is 6.42 Å². The Labute approximate surface area is 134 Å². The van der Waals surface area contributed by atoms with Crippen LogP contribution in [0.1, 0.15) is 58.6 Å². The lowest BCUT2D eigenvalue weighted by Crippen LogP contribution is -2.60. The molecular formula is C17H31N5. The first-order chi connectivity index (χ1) is 10.7. The van der Waals surface area contributed by atoms with Gasteiger partial charge in [0, 0.05) is 37.1 Å². The van der Waals surface area contributed by atoms with E-state index >= 15 is 0 Å². The van der Waals surface area contributed by atoms with Crippen molar-refractivity contribution in [2.75, 3.05) is 18.0 Å². The van der Waals surface area contributed by atoms with Crippen LogP contribution in [0.2, 0.25) is 0 Å². The number of unbranched alkanes of at least 4 members (excludes halogenated alkanes) is 3. The molecule has 2 heterocycles. The number of hydrogen-bond acceptors (Lipinski definition) is 5. The van der Waals surface area contributed by atoms with E-state index in [0.29, 0.717) is 12.1 Å². The van der Waals surface area contributed by atoms with Crippen molar-refractivity contribution in [2.24, 2.45) is 5.84 Å². The van der Waals surface area contributed by atoms with Gasteiger partial charge >= 0.3 is 0 Å². The molecule has 22 heavy (non-hydrogen) atoms. The predicted octanol–water partition coefficient (Wildman–Crippen LogP) is 2.76. The highest BCUT2D eigenvalue weighted by Gasteiger charge is 2.31. The Morgan fingerprint density at radius 1 is 1.23 bits per heavy atom. The van der Waals surface area contributed by atoms with Gasteiger partial charge in [-0.2, -0.15) is 0 Å². The zero-order chi connectivity index (χ0) is 15.9. The zero-order valence-electron chi connectivity index (χ0n) is 14.3. The lowest BCUT2D eigenvalue weighted by molar-refractivity contribution is 0.193. The van der Waals surface area contributed by atoms with Crippen molar-refractivity contribution in [1.29, 1.82) is 0 Å². The lowest BCUT2D eigenvalue weighted by atomic mass is 10.1. The highest BCUT2D eigenvalue weighted by Crippen LogP contribution is 2.22. The predicted molar refractivity (Wildman–Crippen MR) is 91.7 cm³/mol. The maximum Gasteiger partial charge on any atom is 0.226 e. The summed E-state index contributed by atoms with van der Waals surface area (Å²) in [7, 11) is 0. The van der Waals surface area contributed by atoms with Gasteiger partial charge in [0.25, 0.3) is 0 Å². The average molecular weight is 305 g/mol. The summed E-state index contributed by atoms with van der Waals surface area (Å²) in [4.78, 5) is 11.7. The fraction of sp³-hybridized carbons (Fsp3) is 0.765. The van der Waals surface area contributed by atoms with Gasteiger partial charge in [0.1, 0.15) is 0 Å². The number of aryl methyl sites for hydroxylation is 1. The summed E-state index contributed by atoms with van der Waals surface area (Å²) in [6.07, 6.45) is 9.11. The molecule has 5 heteroatoms. The number of aromatic nitrogens is 2. The van der Waals surface area contributed by atoms with Gasteiger partial charge in [-0.1, -0.05) is 33.1 Å². The van der Waals surface area contributed by atoms with Crippen molar-refractivity contribution in [3.63, 3.8) is 0 Å². The summed E-state index contributed by atoms with van der Waals surface area (Å²) in [6.45, 7) is 8.40. The number of anilines is 1. The molecule has 2 rings (SSSR count). The smallest absolute Gasteiger partial charge is 0.226 e. The van der Waals surface area contributed by atoms with Crippen molar-refractivity contribution >= 4 is 5.95 Å². The third-order valence-electron chi connectivity index (χ3n) is 4.50. The van der Waals surface area contributed by atoms with Gasteiger partial charge in [-0.05, 0) is 32.3 Å². The first-order valence-corrected chi connectivity index (χ1v) is 8.75. The van der Waals surface area contributed by atoms with Crippen molar-refractivity contribution in [3.05, 3.63) is 18.0 Å². The second-order valence-electron chi connectivity index (χ2n) is 6.43. The Bertz CT molecular complexity index is 450. The molecule has 1 fully saturated rings. The fourth-order valence-electron chi connectivity index (χ4n) is 3.29. The van der Waals surface area contributed by atoms with E-state index in [0.717, 1.165) is 31.9 Å². The van der Waals surface area contributed by atoms with Crippen LogP contribution in [0.25, 0.3) is 0 Å². The van der Waals surface area contributed by atoms with E-state index in [1.54, 1.807) is 0 Å². The first-order valence-electron chi connectivity index (χ1n) is 8.75. The van der Waals surface area contributed by atoms with Crippen LogP contribution in [0.5, 0.6) is 0 Å². The van der Waals surface area contributed by atoms with E-state index in [1.807, 2.05) is 11.2 Å². The Morgan fingerprint density at radius 3 is 2.77 bits per heavy atom. The van der Waals surface area contributed by atoms with Crippen LogP contribution in [0.4, 0.5) is 5.95 Å². The molecule has 1 aliphatic heterocycles. The van der Waals surface area contributed by atoms with Crippen LogP contribution in [0.15, 0.2) is 12.3 Å². The second kappa shape index (κ2) is 8.44. The van der Waals surface area contributed by atoms with E-state index in [4.69, 9.17) is 10.8 Å². The van der Waals surface area contributed by atoms with Gasteiger partial charge in [-0.15, -0.1) is 0 Å². The standard InChI is InChI=1S/C17H31N5/c1-4-6-7-8-9-15-10-11-19-17(20-15)22-14(3)12-21(18)13-16(22)5-2/h10-11,14,16H,4-9,12-13,18H2,1-3H3. The molecular weight excluding hydrogens is 274 g/mol. The molecule has 2 atom stereocenters. The molecule has 124 valence electrons.